The standard InChI is InChI=1S/C12H18N4O3S/c13-12(15-17)5-7-16(20(18,19)11-3-4-11)9-10-2-1-6-14-8-10/h1-2,6,8,11,17H,3-5,7,9H2,(H2,13,15). The van der Waals surface area contributed by atoms with E-state index in [-0.39, 0.29) is 30.6 Å². The van der Waals surface area contributed by atoms with Gasteiger partial charge in [0.2, 0.25) is 10.0 Å². The van der Waals surface area contributed by atoms with E-state index in [1.165, 1.54) is 4.31 Å². The van der Waals surface area contributed by atoms with Crippen molar-refractivity contribution in [2.75, 3.05) is 6.54 Å². The van der Waals surface area contributed by atoms with Crippen molar-refractivity contribution in [3.05, 3.63) is 30.1 Å². The van der Waals surface area contributed by atoms with Crippen molar-refractivity contribution >= 4 is 15.9 Å². The minimum absolute atomic E-state index is 0.0205. The average molecular weight is 298 g/mol. The van der Waals surface area contributed by atoms with E-state index in [4.69, 9.17) is 10.9 Å². The molecule has 8 heteroatoms. The van der Waals surface area contributed by atoms with E-state index < -0.39 is 10.0 Å². The molecule has 7 nitrogen and oxygen atoms in total. The predicted octanol–water partition coefficient (Wildman–Crippen LogP) is 0.512. The van der Waals surface area contributed by atoms with E-state index >= 15 is 0 Å². The molecule has 0 saturated heterocycles. The van der Waals surface area contributed by atoms with E-state index in [1.54, 1.807) is 18.5 Å². The maximum absolute atomic E-state index is 12.4. The number of oxime groups is 1. The monoisotopic (exact) mass is 298 g/mol. The molecule has 20 heavy (non-hydrogen) atoms. The Morgan fingerprint density at radius 3 is 2.85 bits per heavy atom. The van der Waals surface area contributed by atoms with Crippen LogP contribution in [0.25, 0.3) is 0 Å². The number of nitrogens with two attached hydrogens (primary N) is 1. The summed E-state index contributed by atoms with van der Waals surface area (Å²) in [4.78, 5) is 3.98. The van der Waals surface area contributed by atoms with Gasteiger partial charge in [0, 0.05) is 31.9 Å². The van der Waals surface area contributed by atoms with Crippen molar-refractivity contribution in [3.63, 3.8) is 0 Å². The number of aromatic nitrogens is 1. The van der Waals surface area contributed by atoms with Gasteiger partial charge in [-0.1, -0.05) is 11.2 Å². The van der Waals surface area contributed by atoms with Gasteiger partial charge in [0.15, 0.2) is 0 Å². The molecule has 0 aliphatic heterocycles. The first-order valence-electron chi connectivity index (χ1n) is 6.38. The van der Waals surface area contributed by atoms with Gasteiger partial charge in [-0.3, -0.25) is 4.98 Å². The molecule has 1 heterocycles. The molecule has 1 saturated carbocycles. The second-order valence-electron chi connectivity index (χ2n) is 4.78. The largest absolute Gasteiger partial charge is 0.409 e. The molecule has 0 radical (unpaired) electrons. The van der Waals surface area contributed by atoms with Gasteiger partial charge in [-0.15, -0.1) is 0 Å². The first-order chi connectivity index (χ1) is 9.54. The molecule has 0 atom stereocenters. The minimum Gasteiger partial charge on any atom is -0.409 e. The molecule has 2 rings (SSSR count). The number of sulfonamides is 1. The third-order valence-electron chi connectivity index (χ3n) is 3.13. The van der Waals surface area contributed by atoms with Crippen LogP contribution in [0.3, 0.4) is 0 Å². The predicted molar refractivity (Wildman–Crippen MR) is 74.6 cm³/mol. The topological polar surface area (TPSA) is 109 Å². The summed E-state index contributed by atoms with van der Waals surface area (Å²) in [6, 6.07) is 3.59. The van der Waals surface area contributed by atoms with Crippen molar-refractivity contribution in [3.8, 4) is 0 Å². The number of hydrogen-bond donors (Lipinski definition) is 2. The first kappa shape index (κ1) is 14.7. The highest BCUT2D eigenvalue weighted by Gasteiger charge is 2.39. The van der Waals surface area contributed by atoms with Crippen LogP contribution in [-0.4, -0.2) is 40.5 Å². The summed E-state index contributed by atoms with van der Waals surface area (Å²) in [6.45, 7) is 0.453. The SMILES string of the molecule is NC(CCN(Cc1cccnc1)S(=O)(=O)C1CC1)=NO. The van der Waals surface area contributed by atoms with Crippen LogP contribution in [0.5, 0.6) is 0 Å². The fraction of sp³-hybridized carbons (Fsp3) is 0.500. The van der Waals surface area contributed by atoms with Crippen molar-refractivity contribution < 1.29 is 13.6 Å². The van der Waals surface area contributed by atoms with Crippen LogP contribution >= 0.6 is 0 Å². The molecule has 0 amide bonds. The van der Waals surface area contributed by atoms with E-state index in [9.17, 15) is 8.42 Å². The Balaban J connectivity index is 2.11. The Morgan fingerprint density at radius 2 is 2.30 bits per heavy atom. The second kappa shape index (κ2) is 6.19. The smallest absolute Gasteiger partial charge is 0.217 e. The normalized spacial score (nSPS) is 16.6. The quantitative estimate of drug-likeness (QED) is 0.330. The fourth-order valence-electron chi connectivity index (χ4n) is 1.86. The lowest BCUT2D eigenvalue weighted by Gasteiger charge is -2.21. The van der Waals surface area contributed by atoms with E-state index in [0.717, 1.165) is 5.56 Å². The van der Waals surface area contributed by atoms with Crippen molar-refractivity contribution in [1.29, 1.82) is 0 Å². The number of amidine groups is 1. The van der Waals surface area contributed by atoms with E-state index in [0.29, 0.717) is 12.8 Å². The van der Waals surface area contributed by atoms with Crippen molar-refractivity contribution in [2.45, 2.75) is 31.1 Å². The number of nitrogens with zero attached hydrogens (tertiary/aromatic N) is 3. The van der Waals surface area contributed by atoms with Crippen LogP contribution < -0.4 is 5.73 Å². The van der Waals surface area contributed by atoms with Crippen LogP contribution in [-0.2, 0) is 16.6 Å². The van der Waals surface area contributed by atoms with E-state index in [1.807, 2.05) is 6.07 Å². The summed E-state index contributed by atoms with van der Waals surface area (Å²) in [7, 11) is -3.32. The molecular formula is C12H18N4O3S. The Hall–Kier alpha value is -1.67. The molecule has 1 aliphatic carbocycles. The minimum atomic E-state index is -3.32. The first-order valence-corrected chi connectivity index (χ1v) is 7.88. The number of hydrogen-bond acceptors (Lipinski definition) is 5. The van der Waals surface area contributed by atoms with Gasteiger partial charge in [-0.05, 0) is 24.5 Å². The van der Waals surface area contributed by atoms with Gasteiger partial charge < -0.3 is 10.9 Å². The van der Waals surface area contributed by atoms with Gasteiger partial charge in [-0.2, -0.15) is 4.31 Å². The molecule has 0 spiro atoms. The Kier molecular flexibility index (Phi) is 4.56. The van der Waals surface area contributed by atoms with Crippen LogP contribution in [0.1, 0.15) is 24.8 Å². The lowest BCUT2D eigenvalue weighted by molar-refractivity contribution is 0.315. The summed E-state index contributed by atoms with van der Waals surface area (Å²) in [5, 5.41) is 11.1. The summed E-state index contributed by atoms with van der Waals surface area (Å²) in [5.74, 6) is 0.0205. The lowest BCUT2D eigenvalue weighted by Crippen LogP contribution is -2.36. The maximum Gasteiger partial charge on any atom is 0.217 e. The molecule has 0 bridgehead atoms. The molecular weight excluding hydrogens is 280 g/mol. The van der Waals surface area contributed by atoms with Gasteiger partial charge >= 0.3 is 0 Å². The molecule has 0 unspecified atom stereocenters. The highest BCUT2D eigenvalue weighted by molar-refractivity contribution is 7.90. The van der Waals surface area contributed by atoms with Gasteiger partial charge in [-0.25, -0.2) is 8.42 Å². The number of rotatable bonds is 7. The molecule has 110 valence electrons. The Bertz CT molecular complexity index is 570. The van der Waals surface area contributed by atoms with Crippen molar-refractivity contribution in [1.82, 2.24) is 9.29 Å². The molecule has 1 fully saturated rings. The summed E-state index contributed by atoms with van der Waals surface area (Å²) in [5.41, 5.74) is 6.23. The highest BCUT2D eigenvalue weighted by atomic mass is 32.2. The van der Waals surface area contributed by atoms with Gasteiger partial charge in [0.05, 0.1) is 5.25 Å². The molecule has 3 N–H and O–H groups in total. The number of pyridine rings is 1. The molecule has 1 aliphatic rings. The van der Waals surface area contributed by atoms with Crippen LogP contribution in [0, 0.1) is 0 Å². The van der Waals surface area contributed by atoms with Gasteiger partial charge in [0.1, 0.15) is 5.84 Å². The van der Waals surface area contributed by atoms with Crippen LogP contribution in [0.4, 0.5) is 0 Å². The summed E-state index contributed by atoms with van der Waals surface area (Å²) >= 11 is 0. The maximum atomic E-state index is 12.4. The third kappa shape index (κ3) is 3.67. The fourth-order valence-corrected chi connectivity index (χ4v) is 3.69. The Morgan fingerprint density at radius 1 is 1.55 bits per heavy atom. The van der Waals surface area contributed by atoms with Crippen LogP contribution in [0.15, 0.2) is 29.7 Å². The third-order valence-corrected chi connectivity index (χ3v) is 5.48. The van der Waals surface area contributed by atoms with Gasteiger partial charge in [0.25, 0.3) is 0 Å². The zero-order valence-corrected chi connectivity index (χ0v) is 11.8. The van der Waals surface area contributed by atoms with Crippen LogP contribution in [0.2, 0.25) is 0 Å². The summed E-state index contributed by atoms with van der Waals surface area (Å²) in [6.07, 6.45) is 4.88. The van der Waals surface area contributed by atoms with E-state index in [2.05, 4.69) is 10.1 Å². The van der Waals surface area contributed by atoms with Crippen molar-refractivity contribution in [2.24, 2.45) is 10.9 Å². The second-order valence-corrected chi connectivity index (χ2v) is 6.99. The highest BCUT2D eigenvalue weighted by Crippen LogP contribution is 2.31. The Labute approximate surface area is 118 Å². The molecule has 1 aromatic heterocycles. The zero-order valence-electron chi connectivity index (χ0n) is 11.0. The summed E-state index contributed by atoms with van der Waals surface area (Å²) < 4.78 is 26.1. The molecule has 0 aromatic carbocycles. The average Bonchev–Trinajstić information content (AvgIpc) is 3.28. The molecule has 1 aromatic rings. The lowest BCUT2D eigenvalue weighted by atomic mass is 10.3. The zero-order chi connectivity index (χ0) is 14.6.